The van der Waals surface area contributed by atoms with Gasteiger partial charge in [-0.3, -0.25) is 0 Å². The van der Waals surface area contributed by atoms with Gasteiger partial charge >= 0.3 is 0 Å². The van der Waals surface area contributed by atoms with Crippen LogP contribution >= 0.6 is 0 Å². The first-order chi connectivity index (χ1) is 5.62. The summed E-state index contributed by atoms with van der Waals surface area (Å²) in [7, 11) is 0. The minimum absolute atomic E-state index is 0.545. The minimum atomic E-state index is 0.545. The van der Waals surface area contributed by atoms with Gasteiger partial charge < -0.3 is 5.32 Å². The van der Waals surface area contributed by atoms with Crippen molar-refractivity contribution in [1.29, 1.82) is 0 Å². The van der Waals surface area contributed by atoms with E-state index in [2.05, 4.69) is 26.1 Å². The molecule has 1 saturated carbocycles. The Labute approximate surface area is 75.9 Å². The first kappa shape index (κ1) is 8.55. The highest BCUT2D eigenvalue weighted by atomic mass is 14.9. The Morgan fingerprint density at radius 1 is 1.17 bits per heavy atom. The van der Waals surface area contributed by atoms with Crippen molar-refractivity contribution in [2.45, 2.75) is 33.6 Å². The van der Waals surface area contributed by atoms with Crippen molar-refractivity contribution >= 4 is 0 Å². The van der Waals surface area contributed by atoms with E-state index in [0.29, 0.717) is 5.41 Å². The molecule has 1 nitrogen and oxygen atoms in total. The lowest BCUT2D eigenvalue weighted by atomic mass is 9.60. The van der Waals surface area contributed by atoms with E-state index in [1.807, 2.05) is 0 Å². The number of nitrogens with zero attached hydrogens (tertiary/aromatic N) is 1. The maximum atomic E-state index is 4.56. The smallest absolute Gasteiger partial charge is 0.0315 e. The third-order valence-electron chi connectivity index (χ3n) is 4.45. The highest BCUT2D eigenvalue weighted by molar-refractivity contribution is 5.06. The average molecular weight is 166 g/mol. The van der Waals surface area contributed by atoms with Crippen LogP contribution in [0.4, 0.5) is 0 Å². The number of hydrogen-bond acceptors (Lipinski definition) is 0. The average Bonchev–Trinajstić information content (AvgIpc) is 2.46. The summed E-state index contributed by atoms with van der Waals surface area (Å²) in [6, 6.07) is 0. The van der Waals surface area contributed by atoms with Crippen molar-refractivity contribution in [3.05, 3.63) is 5.32 Å². The van der Waals surface area contributed by atoms with Gasteiger partial charge in [0, 0.05) is 0 Å². The zero-order chi connectivity index (χ0) is 8.77. The first-order valence-electron chi connectivity index (χ1n) is 5.25. The van der Waals surface area contributed by atoms with Crippen LogP contribution in [0, 0.1) is 23.2 Å². The van der Waals surface area contributed by atoms with Crippen molar-refractivity contribution in [3.8, 4) is 0 Å². The Balaban J connectivity index is 2.18. The Hall–Kier alpha value is -0.0400. The Kier molecular flexibility index (Phi) is 1.95. The Morgan fingerprint density at radius 3 is 2.67 bits per heavy atom. The molecule has 0 amide bonds. The molecule has 3 atom stereocenters. The van der Waals surface area contributed by atoms with E-state index in [1.54, 1.807) is 0 Å². The molecule has 1 aliphatic carbocycles. The van der Waals surface area contributed by atoms with Gasteiger partial charge in [-0.1, -0.05) is 39.0 Å². The third-order valence-corrected chi connectivity index (χ3v) is 4.45. The van der Waals surface area contributed by atoms with E-state index < -0.39 is 0 Å². The van der Waals surface area contributed by atoms with Crippen molar-refractivity contribution in [2.24, 2.45) is 23.2 Å². The molecule has 0 aromatic heterocycles. The molecule has 1 unspecified atom stereocenters. The van der Waals surface area contributed by atoms with Gasteiger partial charge in [-0.2, -0.15) is 0 Å². The summed E-state index contributed by atoms with van der Waals surface area (Å²) in [6.45, 7) is 9.59. The van der Waals surface area contributed by atoms with Crippen LogP contribution in [0.25, 0.3) is 5.32 Å². The largest absolute Gasteiger partial charge is 0.662 e. The molecule has 2 rings (SSSR count). The predicted molar refractivity (Wildman–Crippen MR) is 52.3 cm³/mol. The maximum absolute atomic E-state index is 4.56. The van der Waals surface area contributed by atoms with Gasteiger partial charge in [-0.25, -0.2) is 0 Å². The monoisotopic (exact) mass is 166 g/mol. The second-order valence-electron chi connectivity index (χ2n) is 5.26. The standard InChI is InChI=1S/C11H20N/c1-8-4-5-9-6-12-7-10(9)11(8,2)3/h8-10H,4-7H2,1-3H3/q-1/t8-,9?,10+/m1/s1. The van der Waals surface area contributed by atoms with Crippen LogP contribution in [-0.2, 0) is 0 Å². The van der Waals surface area contributed by atoms with Crippen LogP contribution in [0.2, 0.25) is 0 Å². The summed E-state index contributed by atoms with van der Waals surface area (Å²) in [4.78, 5) is 0. The van der Waals surface area contributed by atoms with Gasteiger partial charge in [0.1, 0.15) is 0 Å². The lowest BCUT2D eigenvalue weighted by Gasteiger charge is -2.47. The van der Waals surface area contributed by atoms with E-state index in [4.69, 9.17) is 0 Å². The summed E-state index contributed by atoms with van der Waals surface area (Å²) in [5, 5.41) is 4.56. The fourth-order valence-electron chi connectivity index (χ4n) is 2.99. The zero-order valence-corrected chi connectivity index (χ0v) is 8.51. The van der Waals surface area contributed by atoms with Crippen molar-refractivity contribution < 1.29 is 0 Å². The summed E-state index contributed by atoms with van der Waals surface area (Å²) in [5.74, 6) is 2.71. The molecule has 2 aliphatic rings. The molecule has 12 heavy (non-hydrogen) atoms. The molecule has 0 aromatic carbocycles. The SMILES string of the molecule is C[C@@H]1CCC2C[N-]C[C@@H]2C1(C)C. The molecule has 0 aromatic rings. The van der Waals surface area contributed by atoms with Gasteiger partial charge in [0.25, 0.3) is 0 Å². The van der Waals surface area contributed by atoms with E-state index in [-0.39, 0.29) is 0 Å². The summed E-state index contributed by atoms with van der Waals surface area (Å²) >= 11 is 0. The lowest BCUT2D eigenvalue weighted by molar-refractivity contribution is 0.0511. The third kappa shape index (κ3) is 1.10. The lowest BCUT2D eigenvalue weighted by Crippen LogP contribution is -2.39. The summed E-state index contributed by atoms with van der Waals surface area (Å²) < 4.78 is 0. The van der Waals surface area contributed by atoms with Crippen LogP contribution in [0.5, 0.6) is 0 Å². The first-order valence-corrected chi connectivity index (χ1v) is 5.25. The zero-order valence-electron chi connectivity index (χ0n) is 8.51. The van der Waals surface area contributed by atoms with Crippen LogP contribution in [0.1, 0.15) is 33.6 Å². The quantitative estimate of drug-likeness (QED) is 0.525. The molecule has 70 valence electrons. The highest BCUT2D eigenvalue weighted by Crippen LogP contribution is 2.51. The number of rotatable bonds is 0. The van der Waals surface area contributed by atoms with Crippen molar-refractivity contribution in [1.82, 2.24) is 0 Å². The maximum Gasteiger partial charge on any atom is -0.0315 e. The van der Waals surface area contributed by atoms with E-state index in [1.165, 1.54) is 12.8 Å². The molecule has 0 N–H and O–H groups in total. The van der Waals surface area contributed by atoms with E-state index in [9.17, 15) is 0 Å². The molecule has 0 spiro atoms. The Bertz CT molecular complexity index is 174. The molecule has 1 saturated heterocycles. The summed E-state index contributed by atoms with van der Waals surface area (Å²) in [6.07, 6.45) is 2.85. The molecule has 2 fully saturated rings. The van der Waals surface area contributed by atoms with Gasteiger partial charge in [-0.15, -0.1) is 13.1 Å². The molecule has 0 bridgehead atoms. The number of fused-ring (bicyclic) bond motifs is 1. The fourth-order valence-corrected chi connectivity index (χ4v) is 2.99. The van der Waals surface area contributed by atoms with E-state index in [0.717, 1.165) is 30.8 Å². The highest BCUT2D eigenvalue weighted by Gasteiger charge is 2.41. The van der Waals surface area contributed by atoms with Crippen LogP contribution in [-0.4, -0.2) is 13.1 Å². The molecular weight excluding hydrogens is 146 g/mol. The second-order valence-corrected chi connectivity index (χ2v) is 5.26. The van der Waals surface area contributed by atoms with Crippen LogP contribution in [0.15, 0.2) is 0 Å². The molecular formula is C11H20N-. The van der Waals surface area contributed by atoms with Crippen molar-refractivity contribution in [3.63, 3.8) is 0 Å². The number of hydrogen-bond donors (Lipinski definition) is 0. The molecule has 1 heteroatoms. The Morgan fingerprint density at radius 2 is 1.92 bits per heavy atom. The van der Waals surface area contributed by atoms with Gasteiger partial charge in [0.2, 0.25) is 0 Å². The van der Waals surface area contributed by atoms with Gasteiger partial charge in [-0.05, 0) is 17.8 Å². The molecule has 1 aliphatic heterocycles. The summed E-state index contributed by atoms with van der Waals surface area (Å²) in [5.41, 5.74) is 0.545. The molecule has 1 heterocycles. The fraction of sp³-hybridized carbons (Fsp3) is 1.00. The van der Waals surface area contributed by atoms with Gasteiger partial charge in [0.05, 0.1) is 0 Å². The van der Waals surface area contributed by atoms with E-state index >= 15 is 0 Å². The topological polar surface area (TPSA) is 14.1 Å². The van der Waals surface area contributed by atoms with Crippen LogP contribution in [0.3, 0.4) is 0 Å². The van der Waals surface area contributed by atoms with Crippen molar-refractivity contribution in [2.75, 3.05) is 13.1 Å². The van der Waals surface area contributed by atoms with Gasteiger partial charge in [0.15, 0.2) is 0 Å². The predicted octanol–water partition coefficient (Wildman–Crippen LogP) is 3.06. The molecule has 0 radical (unpaired) electrons. The second kappa shape index (κ2) is 2.73. The minimum Gasteiger partial charge on any atom is -0.662 e. The normalized spacial score (nSPS) is 45.8. The van der Waals surface area contributed by atoms with Crippen LogP contribution < -0.4 is 0 Å².